The molecule has 1 rings (SSSR count). The maximum atomic E-state index is 5.93. The van der Waals surface area contributed by atoms with Gasteiger partial charge in [-0.25, -0.2) is 0 Å². The lowest BCUT2D eigenvalue weighted by atomic mass is 9.94. The fourth-order valence-electron chi connectivity index (χ4n) is 1.74. The summed E-state index contributed by atoms with van der Waals surface area (Å²) in [5.41, 5.74) is 5.72. The summed E-state index contributed by atoms with van der Waals surface area (Å²) < 4.78 is 6.25. The lowest BCUT2D eigenvalue weighted by molar-refractivity contribution is -0.0226. The number of hydrogen-bond donors (Lipinski definition) is 1. The zero-order valence-corrected chi connectivity index (χ0v) is 12.4. The second kappa shape index (κ2) is 6.16. The highest BCUT2D eigenvalue weighted by Gasteiger charge is 2.34. The first-order valence-electron chi connectivity index (χ1n) is 5.62. The van der Waals surface area contributed by atoms with Crippen LogP contribution in [0.1, 0.15) is 18.7 Å². The van der Waals surface area contributed by atoms with Gasteiger partial charge in [0.25, 0.3) is 0 Å². The molecule has 0 fully saturated rings. The second-order valence-corrected chi connectivity index (χ2v) is 6.30. The van der Waals surface area contributed by atoms with Crippen LogP contribution in [0, 0.1) is 0 Å². The first-order valence-corrected chi connectivity index (χ1v) is 6.81. The zero-order chi connectivity index (χ0) is 13.1. The Balaban J connectivity index is 2.76. The fraction of sp³-hybridized carbons (Fsp3) is 0.667. The SMILES string of the molecule is COC(C)C(C)(CN)N(C)Cc1ccc(Cl)s1. The Kier molecular flexibility index (Phi) is 5.41. The third-order valence-corrected chi connectivity index (χ3v) is 4.75. The molecule has 1 aromatic rings. The van der Waals surface area contributed by atoms with Crippen LogP contribution >= 0.6 is 22.9 Å². The minimum Gasteiger partial charge on any atom is -0.380 e. The van der Waals surface area contributed by atoms with Crippen molar-refractivity contribution in [2.24, 2.45) is 5.73 Å². The van der Waals surface area contributed by atoms with E-state index >= 15 is 0 Å². The van der Waals surface area contributed by atoms with Crippen molar-refractivity contribution >= 4 is 22.9 Å². The van der Waals surface area contributed by atoms with Crippen LogP contribution in [0.4, 0.5) is 0 Å². The maximum absolute atomic E-state index is 5.93. The summed E-state index contributed by atoms with van der Waals surface area (Å²) in [5.74, 6) is 0. The molecule has 2 N–H and O–H groups in total. The molecule has 0 aliphatic heterocycles. The Morgan fingerprint density at radius 1 is 1.59 bits per heavy atom. The number of thiophene rings is 1. The molecule has 0 saturated heterocycles. The molecule has 0 spiro atoms. The van der Waals surface area contributed by atoms with E-state index in [2.05, 4.69) is 24.9 Å². The lowest BCUT2D eigenvalue weighted by Crippen LogP contribution is -2.56. The molecule has 3 nitrogen and oxygen atoms in total. The van der Waals surface area contributed by atoms with Gasteiger partial charge in [0, 0.05) is 25.1 Å². The molecule has 17 heavy (non-hydrogen) atoms. The average Bonchev–Trinajstić information content (AvgIpc) is 2.72. The normalized spacial score (nSPS) is 17.1. The van der Waals surface area contributed by atoms with E-state index in [1.165, 1.54) is 4.88 Å². The van der Waals surface area contributed by atoms with E-state index in [4.69, 9.17) is 22.1 Å². The third kappa shape index (κ3) is 3.42. The van der Waals surface area contributed by atoms with Gasteiger partial charge in [-0.2, -0.15) is 0 Å². The standard InChI is InChI=1S/C12H21ClN2OS/c1-9(16-4)12(2,8-14)15(3)7-10-5-6-11(13)17-10/h5-6,9H,7-8,14H2,1-4H3. The maximum Gasteiger partial charge on any atom is 0.0931 e. The summed E-state index contributed by atoms with van der Waals surface area (Å²) in [6.45, 7) is 5.55. The Morgan fingerprint density at radius 2 is 2.24 bits per heavy atom. The minimum atomic E-state index is -0.175. The fourth-order valence-corrected chi connectivity index (χ4v) is 2.88. The van der Waals surface area contributed by atoms with Crippen molar-refractivity contribution in [3.05, 3.63) is 21.3 Å². The lowest BCUT2D eigenvalue weighted by Gasteiger charge is -2.41. The van der Waals surface area contributed by atoms with Gasteiger partial charge < -0.3 is 10.5 Å². The zero-order valence-electron chi connectivity index (χ0n) is 10.9. The van der Waals surface area contributed by atoms with Crippen molar-refractivity contribution in [3.8, 4) is 0 Å². The molecule has 0 amide bonds. The molecule has 98 valence electrons. The molecule has 0 radical (unpaired) electrons. The van der Waals surface area contributed by atoms with Crippen molar-refractivity contribution < 1.29 is 4.74 Å². The molecule has 0 aliphatic carbocycles. The molecule has 0 saturated carbocycles. The van der Waals surface area contributed by atoms with Gasteiger partial charge in [0.2, 0.25) is 0 Å². The van der Waals surface area contributed by atoms with Gasteiger partial charge in [-0.15, -0.1) is 11.3 Å². The number of nitrogens with two attached hydrogens (primary N) is 1. The van der Waals surface area contributed by atoms with Crippen LogP contribution in [-0.4, -0.2) is 37.2 Å². The summed E-state index contributed by atoms with van der Waals surface area (Å²) in [6.07, 6.45) is 0.0768. The van der Waals surface area contributed by atoms with E-state index in [1.807, 2.05) is 13.0 Å². The van der Waals surface area contributed by atoms with Crippen molar-refractivity contribution in [3.63, 3.8) is 0 Å². The Hall–Kier alpha value is -0.130. The van der Waals surface area contributed by atoms with Crippen molar-refractivity contribution in [2.75, 3.05) is 20.7 Å². The van der Waals surface area contributed by atoms with Crippen LogP contribution in [-0.2, 0) is 11.3 Å². The predicted molar refractivity (Wildman–Crippen MR) is 74.7 cm³/mol. The van der Waals surface area contributed by atoms with Gasteiger partial charge in [-0.05, 0) is 33.0 Å². The number of halogens is 1. The molecule has 5 heteroatoms. The highest BCUT2D eigenvalue weighted by Crippen LogP contribution is 2.26. The number of rotatable bonds is 6. The van der Waals surface area contributed by atoms with Gasteiger partial charge in [0.15, 0.2) is 0 Å². The molecule has 1 heterocycles. The molecule has 1 aromatic heterocycles. The summed E-state index contributed by atoms with van der Waals surface area (Å²) in [6, 6.07) is 3.98. The first kappa shape index (κ1) is 14.9. The highest BCUT2D eigenvalue weighted by molar-refractivity contribution is 7.16. The van der Waals surface area contributed by atoms with Gasteiger partial charge in [-0.3, -0.25) is 4.90 Å². The topological polar surface area (TPSA) is 38.5 Å². The Morgan fingerprint density at radius 3 is 2.65 bits per heavy atom. The number of likely N-dealkylation sites (N-methyl/N-ethyl adjacent to an activating group) is 1. The average molecular weight is 277 g/mol. The monoisotopic (exact) mass is 276 g/mol. The summed E-state index contributed by atoms with van der Waals surface area (Å²) >= 11 is 7.54. The van der Waals surface area contributed by atoms with Gasteiger partial charge in [-0.1, -0.05) is 11.6 Å². The molecule has 2 atom stereocenters. The largest absolute Gasteiger partial charge is 0.380 e. The highest BCUT2D eigenvalue weighted by atomic mass is 35.5. The Labute approximate surface area is 113 Å². The predicted octanol–water partition coefficient (Wildman–Crippen LogP) is 2.59. The molecule has 0 aromatic carbocycles. The molecular formula is C12H21ClN2OS. The van der Waals surface area contributed by atoms with E-state index in [0.717, 1.165) is 10.9 Å². The Bertz CT molecular complexity index is 358. The number of methoxy groups -OCH3 is 1. The van der Waals surface area contributed by atoms with E-state index in [9.17, 15) is 0 Å². The van der Waals surface area contributed by atoms with Gasteiger partial charge in [0.05, 0.1) is 16.0 Å². The van der Waals surface area contributed by atoms with Crippen LogP contribution in [0.25, 0.3) is 0 Å². The van der Waals surface area contributed by atoms with E-state index in [0.29, 0.717) is 6.54 Å². The smallest absolute Gasteiger partial charge is 0.0931 e. The van der Waals surface area contributed by atoms with Crippen LogP contribution in [0.5, 0.6) is 0 Å². The molecule has 2 unspecified atom stereocenters. The summed E-state index contributed by atoms with van der Waals surface area (Å²) in [4.78, 5) is 3.46. The van der Waals surface area contributed by atoms with E-state index in [1.54, 1.807) is 18.4 Å². The van der Waals surface area contributed by atoms with Gasteiger partial charge in [0.1, 0.15) is 0 Å². The summed E-state index contributed by atoms with van der Waals surface area (Å²) in [7, 11) is 3.78. The molecule has 0 bridgehead atoms. The van der Waals surface area contributed by atoms with E-state index < -0.39 is 0 Å². The van der Waals surface area contributed by atoms with Crippen LogP contribution in [0.2, 0.25) is 4.34 Å². The van der Waals surface area contributed by atoms with Crippen LogP contribution in [0.15, 0.2) is 12.1 Å². The van der Waals surface area contributed by atoms with Gasteiger partial charge >= 0.3 is 0 Å². The van der Waals surface area contributed by atoms with Crippen molar-refractivity contribution in [2.45, 2.75) is 32.0 Å². The van der Waals surface area contributed by atoms with E-state index in [-0.39, 0.29) is 11.6 Å². The number of nitrogens with zero attached hydrogens (tertiary/aromatic N) is 1. The molecule has 0 aliphatic rings. The third-order valence-electron chi connectivity index (χ3n) is 3.54. The van der Waals surface area contributed by atoms with Crippen LogP contribution in [0.3, 0.4) is 0 Å². The first-order chi connectivity index (χ1) is 7.93. The quantitative estimate of drug-likeness (QED) is 0.868. The van der Waals surface area contributed by atoms with Crippen molar-refractivity contribution in [1.82, 2.24) is 4.90 Å². The van der Waals surface area contributed by atoms with Crippen molar-refractivity contribution in [1.29, 1.82) is 0 Å². The molecular weight excluding hydrogens is 256 g/mol. The number of hydrogen-bond acceptors (Lipinski definition) is 4. The minimum absolute atomic E-state index is 0.0768. The number of ether oxygens (including phenoxy) is 1. The summed E-state index contributed by atoms with van der Waals surface area (Å²) in [5, 5.41) is 0. The van der Waals surface area contributed by atoms with Crippen LogP contribution < -0.4 is 5.73 Å². The second-order valence-electron chi connectivity index (χ2n) is 4.50.